The molecular formula is C48H50N2O8. The lowest BCUT2D eigenvalue weighted by Gasteiger charge is -2.41. The van der Waals surface area contributed by atoms with E-state index in [1.54, 1.807) is 25.3 Å². The minimum absolute atomic E-state index is 0.0452. The van der Waals surface area contributed by atoms with E-state index in [0.29, 0.717) is 67.6 Å². The number of methoxy groups -OCH3 is 1. The maximum Gasteiger partial charge on any atom is 0.328 e. The zero-order valence-electron chi connectivity index (χ0n) is 33.0. The molecular weight excluding hydrogens is 733 g/mol. The summed E-state index contributed by atoms with van der Waals surface area (Å²) in [6, 6.07) is 27.2. The molecule has 0 bridgehead atoms. The topological polar surface area (TPSA) is 125 Å². The monoisotopic (exact) mass is 782 g/mol. The minimum Gasteiger partial charge on any atom is -0.497 e. The minimum atomic E-state index is -1.06. The van der Waals surface area contributed by atoms with Crippen LogP contribution in [-0.2, 0) is 33.9 Å². The van der Waals surface area contributed by atoms with Crippen molar-refractivity contribution in [3.63, 3.8) is 0 Å². The number of aromatic nitrogens is 1. The number of hydrogen-bond donors (Lipinski definition) is 2. The first-order valence-corrected chi connectivity index (χ1v) is 20.4. The van der Waals surface area contributed by atoms with Gasteiger partial charge < -0.3 is 33.9 Å². The molecule has 300 valence electrons. The Kier molecular flexibility index (Phi) is 11.6. The Morgan fingerprint density at radius 3 is 2.52 bits per heavy atom. The summed E-state index contributed by atoms with van der Waals surface area (Å²) >= 11 is 0. The summed E-state index contributed by atoms with van der Waals surface area (Å²) in [5.74, 6) is 1.01. The molecule has 1 aromatic heterocycles. The number of carbonyl (C=O) groups is 3. The zero-order chi connectivity index (χ0) is 40.1. The number of rotatable bonds is 15. The second-order valence-electron chi connectivity index (χ2n) is 15.6. The van der Waals surface area contributed by atoms with Gasteiger partial charge in [-0.25, -0.2) is 4.79 Å². The van der Waals surface area contributed by atoms with Crippen LogP contribution in [0.5, 0.6) is 17.2 Å². The van der Waals surface area contributed by atoms with Crippen molar-refractivity contribution in [3.8, 4) is 28.5 Å². The van der Waals surface area contributed by atoms with E-state index in [-0.39, 0.29) is 24.7 Å². The molecule has 8 rings (SSSR count). The number of nitrogens with one attached hydrogen (secondary N) is 1. The van der Waals surface area contributed by atoms with Crippen molar-refractivity contribution in [2.24, 2.45) is 0 Å². The molecule has 2 aliphatic carbocycles. The van der Waals surface area contributed by atoms with Gasteiger partial charge in [0.1, 0.15) is 30.5 Å². The van der Waals surface area contributed by atoms with E-state index in [1.165, 1.54) is 30.9 Å². The Labute approximate surface area is 338 Å². The summed E-state index contributed by atoms with van der Waals surface area (Å²) < 4.78 is 26.1. The lowest BCUT2D eigenvalue weighted by atomic mass is 9.72. The number of Topliss-reactive ketones (excluding diaryl/α,β-unsaturated/α-hetero) is 1. The van der Waals surface area contributed by atoms with Gasteiger partial charge in [0.05, 0.1) is 38.1 Å². The Morgan fingerprint density at radius 1 is 0.931 bits per heavy atom. The first-order chi connectivity index (χ1) is 28.3. The largest absolute Gasteiger partial charge is 0.497 e. The summed E-state index contributed by atoms with van der Waals surface area (Å²) in [6.07, 6.45) is 10.4. The molecule has 1 amide bonds. The Bertz CT molecular complexity index is 2340. The molecule has 0 unspecified atom stereocenters. The van der Waals surface area contributed by atoms with Crippen LogP contribution in [0.4, 0.5) is 0 Å². The fourth-order valence-electron chi connectivity index (χ4n) is 8.77. The van der Waals surface area contributed by atoms with Gasteiger partial charge in [-0.2, -0.15) is 0 Å². The number of carboxylic acid groups (broad SMARTS) is 1. The molecule has 0 radical (unpaired) electrons. The predicted molar refractivity (Wildman–Crippen MR) is 223 cm³/mol. The highest BCUT2D eigenvalue weighted by atomic mass is 16.5. The molecule has 2 saturated carbocycles. The van der Waals surface area contributed by atoms with Crippen molar-refractivity contribution in [2.45, 2.75) is 82.4 Å². The third-order valence-corrected chi connectivity index (χ3v) is 11.9. The number of nitrogens with zero attached hydrogens (tertiary/aromatic N) is 1. The second-order valence-corrected chi connectivity index (χ2v) is 15.6. The molecule has 0 saturated heterocycles. The molecule has 2 N–H and O–H groups in total. The Hall–Kier alpha value is -5.87. The molecule has 58 heavy (non-hydrogen) atoms. The maximum absolute atomic E-state index is 14.2. The van der Waals surface area contributed by atoms with Gasteiger partial charge in [0.15, 0.2) is 5.78 Å². The van der Waals surface area contributed by atoms with Crippen LogP contribution < -0.4 is 19.5 Å². The molecule has 4 aromatic carbocycles. The highest BCUT2D eigenvalue weighted by Crippen LogP contribution is 2.48. The number of fused-ring (bicyclic) bond motifs is 5. The molecule has 0 atom stereocenters. The van der Waals surface area contributed by atoms with Crippen LogP contribution in [0.3, 0.4) is 0 Å². The Balaban J connectivity index is 1.03. The molecule has 3 aliphatic rings. The van der Waals surface area contributed by atoms with Gasteiger partial charge in [-0.15, -0.1) is 0 Å². The molecule has 2 fully saturated rings. The second kappa shape index (κ2) is 17.3. The molecule has 10 heteroatoms. The van der Waals surface area contributed by atoms with Crippen molar-refractivity contribution < 1.29 is 38.4 Å². The summed E-state index contributed by atoms with van der Waals surface area (Å²) in [6.45, 7) is 2.12. The van der Waals surface area contributed by atoms with E-state index < -0.39 is 11.5 Å². The van der Waals surface area contributed by atoms with Crippen molar-refractivity contribution in [1.29, 1.82) is 0 Å². The van der Waals surface area contributed by atoms with Crippen LogP contribution >= 0.6 is 0 Å². The number of carboxylic acids is 1. The number of ketones is 1. The van der Waals surface area contributed by atoms with Crippen LogP contribution in [-0.4, -0.2) is 59.8 Å². The van der Waals surface area contributed by atoms with Crippen molar-refractivity contribution in [1.82, 2.24) is 9.88 Å². The number of benzene rings is 4. The van der Waals surface area contributed by atoms with Crippen LogP contribution in [0, 0.1) is 0 Å². The third-order valence-electron chi connectivity index (χ3n) is 11.9. The molecule has 2 heterocycles. The van der Waals surface area contributed by atoms with E-state index in [9.17, 15) is 19.5 Å². The van der Waals surface area contributed by atoms with Gasteiger partial charge >= 0.3 is 5.97 Å². The molecule has 5 aromatic rings. The average Bonchev–Trinajstić information content (AvgIpc) is 3.43. The standard InChI is InChI=1S/C48H50N2O8/c1-55-37-17-19-39-42(30-37)57-24-23-50-40-28-36(16-18-38(40)45(46(39)50)34-11-6-3-7-12-34)47(54)49-48(21-8-22-48)43(51)29-35-15-13-32(14-20-44(52)53)27-41(35)58-26-25-56-31-33-9-4-2-5-10-33/h2,4-5,9-10,13-20,27-28,30,34H,3,6-8,11-12,21-26,29,31H2,1H3,(H,49,54)(H,52,53)/b20-14+. The van der Waals surface area contributed by atoms with Gasteiger partial charge in [-0.05, 0) is 91.1 Å². The van der Waals surface area contributed by atoms with Gasteiger partial charge in [0.25, 0.3) is 5.91 Å². The summed E-state index contributed by atoms with van der Waals surface area (Å²) in [5.41, 5.74) is 6.37. The number of hydrogen-bond acceptors (Lipinski definition) is 7. The van der Waals surface area contributed by atoms with E-state index >= 15 is 0 Å². The van der Waals surface area contributed by atoms with Gasteiger partial charge in [0, 0.05) is 46.2 Å². The molecule has 1 aliphatic heterocycles. The quantitative estimate of drug-likeness (QED) is 0.0797. The van der Waals surface area contributed by atoms with Gasteiger partial charge in [0.2, 0.25) is 0 Å². The first kappa shape index (κ1) is 39.0. The number of aliphatic carboxylic acids is 1. The van der Waals surface area contributed by atoms with Crippen LogP contribution in [0.25, 0.3) is 28.2 Å². The van der Waals surface area contributed by atoms with E-state index in [0.717, 1.165) is 64.6 Å². The molecule has 10 nitrogen and oxygen atoms in total. The fourth-order valence-corrected chi connectivity index (χ4v) is 8.77. The predicted octanol–water partition coefficient (Wildman–Crippen LogP) is 8.91. The highest BCUT2D eigenvalue weighted by molar-refractivity contribution is 6.04. The summed E-state index contributed by atoms with van der Waals surface area (Å²) in [7, 11) is 1.66. The van der Waals surface area contributed by atoms with Gasteiger partial charge in [-0.1, -0.05) is 67.8 Å². The summed E-state index contributed by atoms with van der Waals surface area (Å²) in [5, 5.41) is 13.5. The Morgan fingerprint density at radius 2 is 1.76 bits per heavy atom. The molecule has 0 spiro atoms. The lowest BCUT2D eigenvalue weighted by Crippen LogP contribution is -2.59. The van der Waals surface area contributed by atoms with E-state index in [1.807, 2.05) is 54.6 Å². The highest BCUT2D eigenvalue weighted by Gasteiger charge is 2.45. The van der Waals surface area contributed by atoms with Crippen LogP contribution in [0.15, 0.2) is 91.0 Å². The number of ether oxygens (including phenoxy) is 4. The normalized spacial score (nSPS) is 16.1. The smallest absolute Gasteiger partial charge is 0.328 e. The van der Waals surface area contributed by atoms with Gasteiger partial charge in [-0.3, -0.25) is 9.59 Å². The zero-order valence-corrected chi connectivity index (χ0v) is 33.0. The average molecular weight is 783 g/mol. The van der Waals surface area contributed by atoms with Crippen molar-refractivity contribution in [3.05, 3.63) is 119 Å². The van der Waals surface area contributed by atoms with Crippen LogP contribution in [0.1, 0.15) is 89.9 Å². The van der Waals surface area contributed by atoms with E-state index in [4.69, 9.17) is 18.9 Å². The number of amides is 1. The third kappa shape index (κ3) is 8.25. The SMILES string of the molecule is COc1ccc2c(c1)OCCn1c-2c(C2CCCCC2)c2ccc(C(=O)NC3(C(=O)Cc4ccc(/C=C/C(=O)O)cc4OCCOCc4ccccc4)CCC3)cc21. The van der Waals surface area contributed by atoms with E-state index in [2.05, 4.69) is 22.0 Å². The summed E-state index contributed by atoms with van der Waals surface area (Å²) in [4.78, 5) is 39.7. The number of carbonyl (C=O) groups excluding carboxylic acids is 2. The fraction of sp³-hybridized carbons (Fsp3) is 0.354. The lowest BCUT2D eigenvalue weighted by molar-refractivity contribution is -0.131. The van der Waals surface area contributed by atoms with Crippen molar-refractivity contribution >= 4 is 34.6 Å². The van der Waals surface area contributed by atoms with Crippen LogP contribution in [0.2, 0.25) is 0 Å². The van der Waals surface area contributed by atoms with Crippen molar-refractivity contribution in [2.75, 3.05) is 26.9 Å². The first-order valence-electron chi connectivity index (χ1n) is 20.4. The maximum atomic E-state index is 14.2.